The van der Waals surface area contributed by atoms with Crippen LogP contribution in [0, 0.1) is 6.92 Å². The highest BCUT2D eigenvalue weighted by atomic mass is 32.1. The van der Waals surface area contributed by atoms with E-state index >= 15 is 0 Å². The Morgan fingerprint density at radius 3 is 2.75 bits per heavy atom. The number of aromatic nitrogens is 3. The summed E-state index contributed by atoms with van der Waals surface area (Å²) in [5.74, 6) is 1.39. The Bertz CT molecular complexity index is 948. The van der Waals surface area contributed by atoms with Crippen molar-refractivity contribution in [2.24, 2.45) is 0 Å². The number of nitrogens with zero attached hydrogens (tertiary/aromatic N) is 3. The highest BCUT2D eigenvalue weighted by molar-refractivity contribution is 7.09. The molecule has 0 aliphatic rings. The third-order valence-electron chi connectivity index (χ3n) is 3.72. The van der Waals surface area contributed by atoms with Crippen molar-refractivity contribution in [3.8, 4) is 11.3 Å². The Labute approximate surface area is 143 Å². The number of rotatable bonds is 5. The summed E-state index contributed by atoms with van der Waals surface area (Å²) < 4.78 is 5.54. The molecular weight excluding hydrogens is 320 g/mol. The summed E-state index contributed by atoms with van der Waals surface area (Å²) >= 11 is 1.76. The summed E-state index contributed by atoms with van der Waals surface area (Å²) in [4.78, 5) is 10.3. The number of thiophene rings is 1. The van der Waals surface area contributed by atoms with Gasteiger partial charge in [0, 0.05) is 17.0 Å². The third-order valence-corrected chi connectivity index (χ3v) is 4.66. The number of nitrogens with one attached hydrogen (secondary N) is 1. The van der Waals surface area contributed by atoms with Gasteiger partial charge in [-0.05, 0) is 24.8 Å². The predicted octanol–water partition coefficient (Wildman–Crippen LogP) is 4.31. The van der Waals surface area contributed by atoms with Crippen molar-refractivity contribution in [2.45, 2.75) is 13.3 Å². The van der Waals surface area contributed by atoms with Gasteiger partial charge in [0.1, 0.15) is 17.0 Å². The molecule has 3 heterocycles. The summed E-state index contributed by atoms with van der Waals surface area (Å²) in [6, 6.07) is 14.1. The zero-order valence-electron chi connectivity index (χ0n) is 13.2. The van der Waals surface area contributed by atoms with Crippen molar-refractivity contribution in [1.29, 1.82) is 0 Å². The van der Waals surface area contributed by atoms with Crippen molar-refractivity contribution in [1.82, 2.24) is 15.1 Å². The second-order valence-corrected chi connectivity index (χ2v) is 6.48. The molecule has 0 radical (unpaired) electrons. The molecule has 1 N–H and O–H groups in total. The Hall–Kier alpha value is -2.73. The van der Waals surface area contributed by atoms with Crippen molar-refractivity contribution < 1.29 is 4.52 Å². The van der Waals surface area contributed by atoms with E-state index in [4.69, 9.17) is 4.52 Å². The molecule has 4 aromatic rings. The molecule has 0 unspecified atom stereocenters. The standard InChI is InChI=1S/C18H16N4OS/c1-12-20-16-15(13-6-3-2-4-7-13)22-23-17(16)18(21-12)19-10-9-14-8-5-11-24-14/h2-8,11H,9-10H2,1H3,(H,19,20,21). The molecule has 0 saturated heterocycles. The van der Waals surface area contributed by atoms with Gasteiger partial charge < -0.3 is 9.84 Å². The van der Waals surface area contributed by atoms with Crippen LogP contribution in [0.5, 0.6) is 0 Å². The second kappa shape index (κ2) is 6.41. The Balaban J connectivity index is 1.65. The van der Waals surface area contributed by atoms with E-state index in [9.17, 15) is 0 Å². The van der Waals surface area contributed by atoms with Crippen LogP contribution in [0.4, 0.5) is 5.82 Å². The quantitative estimate of drug-likeness (QED) is 0.588. The molecule has 0 fully saturated rings. The molecule has 0 saturated carbocycles. The Kier molecular flexibility index (Phi) is 3.96. The van der Waals surface area contributed by atoms with Crippen LogP contribution in [0.15, 0.2) is 52.4 Å². The molecule has 0 aliphatic carbocycles. The topological polar surface area (TPSA) is 63.8 Å². The summed E-state index contributed by atoms with van der Waals surface area (Å²) in [6.45, 7) is 2.67. The number of anilines is 1. The fraction of sp³-hybridized carbons (Fsp3) is 0.167. The minimum Gasteiger partial charge on any atom is -0.366 e. The zero-order chi connectivity index (χ0) is 16.4. The molecule has 4 rings (SSSR count). The molecule has 0 spiro atoms. The maximum Gasteiger partial charge on any atom is 0.228 e. The maximum absolute atomic E-state index is 5.54. The lowest BCUT2D eigenvalue weighted by Crippen LogP contribution is -2.07. The van der Waals surface area contributed by atoms with E-state index in [1.54, 1.807) is 11.3 Å². The molecule has 0 atom stereocenters. The monoisotopic (exact) mass is 336 g/mol. The normalized spacial score (nSPS) is 11.0. The van der Waals surface area contributed by atoms with Crippen LogP contribution in [-0.2, 0) is 6.42 Å². The van der Waals surface area contributed by atoms with Gasteiger partial charge in [-0.25, -0.2) is 9.97 Å². The molecular formula is C18H16N4OS. The molecule has 120 valence electrons. The summed E-state index contributed by atoms with van der Waals surface area (Å²) in [6.07, 6.45) is 0.946. The number of hydrogen-bond acceptors (Lipinski definition) is 6. The van der Waals surface area contributed by atoms with Gasteiger partial charge in [-0.1, -0.05) is 41.6 Å². The molecule has 0 bridgehead atoms. The second-order valence-electron chi connectivity index (χ2n) is 5.45. The van der Waals surface area contributed by atoms with Crippen molar-refractivity contribution in [3.63, 3.8) is 0 Å². The average Bonchev–Trinajstić information content (AvgIpc) is 3.25. The summed E-state index contributed by atoms with van der Waals surface area (Å²) in [7, 11) is 0. The van der Waals surface area contributed by atoms with Gasteiger partial charge in [0.2, 0.25) is 5.58 Å². The van der Waals surface area contributed by atoms with Crippen molar-refractivity contribution in [2.75, 3.05) is 11.9 Å². The SMILES string of the molecule is Cc1nc(NCCc2cccs2)c2onc(-c3ccccc3)c2n1. The van der Waals surface area contributed by atoms with E-state index in [0.29, 0.717) is 17.2 Å². The van der Waals surface area contributed by atoms with Gasteiger partial charge in [0.15, 0.2) is 5.82 Å². The van der Waals surface area contributed by atoms with Crippen molar-refractivity contribution in [3.05, 3.63) is 58.5 Å². The number of hydrogen-bond donors (Lipinski definition) is 1. The van der Waals surface area contributed by atoms with E-state index in [0.717, 1.165) is 29.7 Å². The number of aryl methyl sites for hydroxylation is 1. The lowest BCUT2D eigenvalue weighted by Gasteiger charge is -2.05. The Morgan fingerprint density at radius 1 is 1.08 bits per heavy atom. The average molecular weight is 336 g/mol. The van der Waals surface area contributed by atoms with Crippen molar-refractivity contribution >= 4 is 28.3 Å². The van der Waals surface area contributed by atoms with Crippen LogP contribution in [0.3, 0.4) is 0 Å². The first-order valence-electron chi connectivity index (χ1n) is 7.77. The summed E-state index contributed by atoms with van der Waals surface area (Å²) in [5.41, 5.74) is 3.08. The smallest absolute Gasteiger partial charge is 0.228 e. The van der Waals surface area contributed by atoms with E-state index in [-0.39, 0.29) is 0 Å². The van der Waals surface area contributed by atoms with Gasteiger partial charge >= 0.3 is 0 Å². The first-order chi connectivity index (χ1) is 11.8. The van der Waals surface area contributed by atoms with Gasteiger partial charge in [-0.3, -0.25) is 0 Å². The molecule has 3 aromatic heterocycles. The van der Waals surface area contributed by atoms with E-state index in [1.165, 1.54) is 4.88 Å². The first-order valence-corrected chi connectivity index (χ1v) is 8.65. The maximum atomic E-state index is 5.54. The van der Waals surface area contributed by atoms with Crippen LogP contribution in [0.2, 0.25) is 0 Å². The minimum absolute atomic E-state index is 0.602. The lowest BCUT2D eigenvalue weighted by atomic mass is 10.1. The highest BCUT2D eigenvalue weighted by Crippen LogP contribution is 2.29. The largest absolute Gasteiger partial charge is 0.366 e. The fourth-order valence-corrected chi connectivity index (χ4v) is 3.32. The zero-order valence-corrected chi connectivity index (χ0v) is 14.0. The van der Waals surface area contributed by atoms with Crippen LogP contribution in [-0.4, -0.2) is 21.7 Å². The highest BCUT2D eigenvalue weighted by Gasteiger charge is 2.17. The predicted molar refractivity (Wildman–Crippen MR) is 96.3 cm³/mol. The lowest BCUT2D eigenvalue weighted by molar-refractivity contribution is 0.459. The van der Waals surface area contributed by atoms with Crippen LogP contribution < -0.4 is 5.32 Å². The molecule has 0 aliphatic heterocycles. The first kappa shape index (κ1) is 14.8. The molecule has 5 nitrogen and oxygen atoms in total. The van der Waals surface area contributed by atoms with Crippen LogP contribution >= 0.6 is 11.3 Å². The number of benzene rings is 1. The van der Waals surface area contributed by atoms with Gasteiger partial charge in [0.05, 0.1) is 0 Å². The van der Waals surface area contributed by atoms with Gasteiger partial charge in [-0.15, -0.1) is 11.3 Å². The van der Waals surface area contributed by atoms with Crippen LogP contribution in [0.25, 0.3) is 22.4 Å². The van der Waals surface area contributed by atoms with Crippen LogP contribution in [0.1, 0.15) is 10.7 Å². The van der Waals surface area contributed by atoms with E-state index in [2.05, 4.69) is 38.0 Å². The van der Waals surface area contributed by atoms with E-state index < -0.39 is 0 Å². The Morgan fingerprint density at radius 2 is 1.96 bits per heavy atom. The van der Waals surface area contributed by atoms with Gasteiger partial charge in [0.25, 0.3) is 0 Å². The third kappa shape index (κ3) is 2.88. The van der Waals surface area contributed by atoms with E-state index in [1.807, 2.05) is 37.3 Å². The van der Waals surface area contributed by atoms with Gasteiger partial charge in [-0.2, -0.15) is 0 Å². The molecule has 0 amide bonds. The minimum atomic E-state index is 0.602. The summed E-state index contributed by atoms with van der Waals surface area (Å²) in [5, 5.41) is 9.65. The number of fused-ring (bicyclic) bond motifs is 1. The fourth-order valence-electron chi connectivity index (χ4n) is 2.61. The molecule has 24 heavy (non-hydrogen) atoms. The molecule has 6 heteroatoms. The molecule has 1 aromatic carbocycles.